The molecule has 2 N–H and O–H groups in total. The van der Waals surface area contributed by atoms with E-state index in [1.165, 1.54) is 18.2 Å². The van der Waals surface area contributed by atoms with Gasteiger partial charge in [0.05, 0.1) is 12.7 Å². The fourth-order valence-corrected chi connectivity index (χ4v) is 1.24. The molecule has 3 nitrogen and oxygen atoms in total. The van der Waals surface area contributed by atoms with Gasteiger partial charge in [0.2, 0.25) is 0 Å². The first-order valence-corrected chi connectivity index (χ1v) is 4.37. The molecule has 7 heteroatoms. The van der Waals surface area contributed by atoms with Crippen LogP contribution in [0.25, 0.3) is 0 Å². The van der Waals surface area contributed by atoms with Crippen LogP contribution in [-0.4, -0.2) is 19.3 Å². The second-order valence-electron chi connectivity index (χ2n) is 3.10. The average Bonchev–Trinajstić information content (AvgIpc) is 2.25. The van der Waals surface area contributed by atoms with Gasteiger partial charge in [0, 0.05) is 0 Å². The third-order valence-corrected chi connectivity index (χ3v) is 2.05. The van der Waals surface area contributed by atoms with Crippen LogP contribution in [0.3, 0.4) is 0 Å². The molecule has 0 saturated carbocycles. The molecule has 17 heavy (non-hydrogen) atoms. The maximum Gasteiger partial charge on any atom is 0.407 e. The summed E-state index contributed by atoms with van der Waals surface area (Å²) in [5, 5.41) is 0. The number of halogens is 4. The van der Waals surface area contributed by atoms with Gasteiger partial charge in [0.1, 0.15) is 6.04 Å². The van der Waals surface area contributed by atoms with Crippen molar-refractivity contribution in [3.05, 3.63) is 35.4 Å². The van der Waals surface area contributed by atoms with Crippen LogP contribution in [0.1, 0.15) is 22.0 Å². The van der Waals surface area contributed by atoms with E-state index in [1.54, 1.807) is 0 Å². The summed E-state index contributed by atoms with van der Waals surface area (Å²) in [7, 11) is 1.10. The SMILES string of the molecule is COC(=O)c1ccccc1[C@@H](N)C(F)(F)F.Cl. The molecule has 0 saturated heterocycles. The summed E-state index contributed by atoms with van der Waals surface area (Å²) in [4.78, 5) is 11.2. The molecule has 0 aromatic heterocycles. The molecule has 0 spiro atoms. The van der Waals surface area contributed by atoms with Crippen LogP contribution in [0, 0.1) is 0 Å². The molecule has 0 unspecified atom stereocenters. The lowest BCUT2D eigenvalue weighted by atomic mass is 10.0. The van der Waals surface area contributed by atoms with Gasteiger partial charge in [0.15, 0.2) is 0 Å². The fourth-order valence-electron chi connectivity index (χ4n) is 1.24. The number of alkyl halides is 3. The topological polar surface area (TPSA) is 52.3 Å². The van der Waals surface area contributed by atoms with Crippen molar-refractivity contribution in [2.45, 2.75) is 12.2 Å². The number of carbonyl (C=O) groups excluding carboxylic acids is 1. The maximum atomic E-state index is 12.4. The van der Waals surface area contributed by atoms with E-state index in [0.29, 0.717) is 0 Å². The minimum atomic E-state index is -4.59. The highest BCUT2D eigenvalue weighted by Crippen LogP contribution is 2.32. The molecule has 96 valence electrons. The van der Waals surface area contributed by atoms with Gasteiger partial charge >= 0.3 is 12.1 Å². The summed E-state index contributed by atoms with van der Waals surface area (Å²) in [6.07, 6.45) is -4.59. The average molecular weight is 270 g/mol. The van der Waals surface area contributed by atoms with Crippen LogP contribution in [0.4, 0.5) is 13.2 Å². The van der Waals surface area contributed by atoms with Crippen molar-refractivity contribution >= 4 is 18.4 Å². The van der Waals surface area contributed by atoms with Gasteiger partial charge in [-0.2, -0.15) is 13.2 Å². The highest BCUT2D eigenvalue weighted by atomic mass is 35.5. The highest BCUT2D eigenvalue weighted by molar-refractivity contribution is 5.91. The predicted molar refractivity (Wildman–Crippen MR) is 58.0 cm³/mol. The molecule has 0 fully saturated rings. The van der Waals surface area contributed by atoms with Crippen LogP contribution in [-0.2, 0) is 4.74 Å². The predicted octanol–water partition coefficient (Wildman–Crippen LogP) is 2.46. The van der Waals surface area contributed by atoms with Crippen molar-refractivity contribution in [1.29, 1.82) is 0 Å². The van der Waals surface area contributed by atoms with Crippen molar-refractivity contribution in [2.24, 2.45) is 5.73 Å². The first-order valence-electron chi connectivity index (χ1n) is 4.37. The molecule has 0 aliphatic heterocycles. The molecule has 1 atom stereocenters. The second kappa shape index (κ2) is 5.88. The standard InChI is InChI=1S/C10H10F3NO2.ClH/c1-16-9(15)7-5-3-2-4-6(7)8(14)10(11,12)13;/h2-5,8H,14H2,1H3;1H/t8-;/m1./s1. The zero-order valence-electron chi connectivity index (χ0n) is 8.82. The number of benzene rings is 1. The van der Waals surface area contributed by atoms with Crippen LogP contribution in [0.15, 0.2) is 24.3 Å². The summed E-state index contributed by atoms with van der Waals surface area (Å²) in [6, 6.07) is 3.03. The molecular weight excluding hydrogens is 259 g/mol. The number of hydrogen-bond donors (Lipinski definition) is 1. The Kier molecular flexibility index (Phi) is 5.44. The molecule has 0 amide bonds. The van der Waals surface area contributed by atoms with E-state index < -0.39 is 18.2 Å². The Hall–Kier alpha value is -1.27. The third kappa shape index (κ3) is 3.61. The van der Waals surface area contributed by atoms with Crippen molar-refractivity contribution < 1.29 is 22.7 Å². The van der Waals surface area contributed by atoms with Gasteiger partial charge in [-0.3, -0.25) is 0 Å². The van der Waals surface area contributed by atoms with E-state index in [1.807, 2.05) is 0 Å². The number of methoxy groups -OCH3 is 1. The van der Waals surface area contributed by atoms with Gasteiger partial charge in [-0.25, -0.2) is 4.79 Å². The third-order valence-electron chi connectivity index (χ3n) is 2.05. The minimum absolute atomic E-state index is 0. The summed E-state index contributed by atoms with van der Waals surface area (Å²) in [5.41, 5.74) is 4.57. The molecule has 1 aromatic rings. The van der Waals surface area contributed by atoms with E-state index in [2.05, 4.69) is 4.74 Å². The molecule has 0 bridgehead atoms. The molecule has 1 aromatic carbocycles. The van der Waals surface area contributed by atoms with Crippen molar-refractivity contribution in [2.75, 3.05) is 7.11 Å². The van der Waals surface area contributed by atoms with Gasteiger partial charge in [0.25, 0.3) is 0 Å². The lowest BCUT2D eigenvalue weighted by Gasteiger charge is -2.18. The van der Waals surface area contributed by atoms with Crippen molar-refractivity contribution in [3.63, 3.8) is 0 Å². The Morgan fingerprint density at radius 3 is 2.35 bits per heavy atom. The Morgan fingerprint density at radius 1 is 1.35 bits per heavy atom. The second-order valence-corrected chi connectivity index (χ2v) is 3.10. The molecule has 0 aliphatic rings. The molecule has 0 heterocycles. The first kappa shape index (κ1) is 15.7. The van der Waals surface area contributed by atoms with Crippen LogP contribution in [0.2, 0.25) is 0 Å². The number of carbonyl (C=O) groups is 1. The van der Waals surface area contributed by atoms with Crippen LogP contribution >= 0.6 is 12.4 Å². The summed E-state index contributed by atoms with van der Waals surface area (Å²) >= 11 is 0. The summed E-state index contributed by atoms with van der Waals surface area (Å²) in [6.45, 7) is 0. The lowest BCUT2D eigenvalue weighted by Crippen LogP contribution is -2.30. The monoisotopic (exact) mass is 269 g/mol. The van der Waals surface area contributed by atoms with Crippen LogP contribution in [0.5, 0.6) is 0 Å². The fraction of sp³-hybridized carbons (Fsp3) is 0.300. The van der Waals surface area contributed by atoms with Gasteiger partial charge in [-0.15, -0.1) is 12.4 Å². The van der Waals surface area contributed by atoms with Crippen LogP contribution < -0.4 is 5.73 Å². The van der Waals surface area contributed by atoms with Gasteiger partial charge < -0.3 is 10.5 Å². The summed E-state index contributed by atoms with van der Waals surface area (Å²) < 4.78 is 41.6. The maximum absolute atomic E-state index is 12.4. The molecule has 0 aliphatic carbocycles. The zero-order valence-corrected chi connectivity index (χ0v) is 9.64. The molecular formula is C10H11ClF3NO2. The minimum Gasteiger partial charge on any atom is -0.465 e. The van der Waals surface area contributed by atoms with Crippen molar-refractivity contribution in [1.82, 2.24) is 0 Å². The Morgan fingerprint density at radius 2 is 1.88 bits per heavy atom. The largest absolute Gasteiger partial charge is 0.465 e. The van der Waals surface area contributed by atoms with E-state index in [0.717, 1.165) is 13.2 Å². The van der Waals surface area contributed by atoms with E-state index in [-0.39, 0.29) is 23.5 Å². The van der Waals surface area contributed by atoms with Gasteiger partial charge in [-0.05, 0) is 11.6 Å². The Balaban J connectivity index is 0.00000256. The van der Waals surface area contributed by atoms with E-state index in [4.69, 9.17) is 5.73 Å². The Bertz CT molecular complexity index is 395. The first-order chi connectivity index (χ1) is 7.38. The zero-order chi connectivity index (χ0) is 12.3. The number of nitrogens with two attached hydrogens (primary N) is 1. The normalized spacial score (nSPS) is 12.5. The van der Waals surface area contributed by atoms with Crippen molar-refractivity contribution in [3.8, 4) is 0 Å². The van der Waals surface area contributed by atoms with Gasteiger partial charge in [-0.1, -0.05) is 18.2 Å². The lowest BCUT2D eigenvalue weighted by molar-refractivity contribution is -0.149. The summed E-state index contributed by atoms with van der Waals surface area (Å²) in [5.74, 6) is -0.838. The smallest absolute Gasteiger partial charge is 0.407 e. The number of esters is 1. The quantitative estimate of drug-likeness (QED) is 0.839. The number of hydrogen-bond acceptors (Lipinski definition) is 3. The Labute approximate surface area is 102 Å². The number of rotatable bonds is 2. The highest BCUT2D eigenvalue weighted by Gasteiger charge is 2.39. The molecule has 0 radical (unpaired) electrons. The number of ether oxygens (including phenoxy) is 1. The molecule has 1 rings (SSSR count). The van der Waals surface area contributed by atoms with E-state index >= 15 is 0 Å². The van der Waals surface area contributed by atoms with E-state index in [9.17, 15) is 18.0 Å².